The van der Waals surface area contributed by atoms with Crippen molar-refractivity contribution in [1.82, 2.24) is 5.32 Å². The smallest absolute Gasteiger partial charge is 0.408 e. The lowest BCUT2D eigenvalue weighted by Crippen LogP contribution is -2.45. The maximum atomic E-state index is 14.2. The molecule has 0 spiro atoms. The number of aliphatic carboxylic acids is 1. The predicted octanol–water partition coefficient (Wildman–Crippen LogP) is 2.68. The van der Waals surface area contributed by atoms with E-state index in [0.717, 1.165) is 0 Å². The molecule has 0 bridgehead atoms. The molecule has 0 saturated carbocycles. The normalized spacial score (nSPS) is 14.2. The largest absolute Gasteiger partial charge is 0.480 e. The van der Waals surface area contributed by atoms with E-state index in [2.05, 4.69) is 0 Å². The van der Waals surface area contributed by atoms with Gasteiger partial charge in [0.15, 0.2) is 12.2 Å². The number of carboxylic acids is 1. The van der Waals surface area contributed by atoms with E-state index in [0.29, 0.717) is 0 Å². The molecule has 1 aromatic rings. The minimum atomic E-state index is -1.86. The number of amides is 1. The Morgan fingerprint density at radius 3 is 2.25 bits per heavy atom. The molecule has 5 nitrogen and oxygen atoms in total. The molecular formula is C14H18FNO4. The Morgan fingerprint density at radius 1 is 1.25 bits per heavy atom. The average Bonchev–Trinajstić information content (AvgIpc) is 2.34. The van der Waals surface area contributed by atoms with Crippen molar-refractivity contribution < 1.29 is 23.8 Å². The van der Waals surface area contributed by atoms with Crippen molar-refractivity contribution >= 4 is 12.1 Å². The van der Waals surface area contributed by atoms with Crippen molar-refractivity contribution in [3.63, 3.8) is 0 Å². The van der Waals surface area contributed by atoms with E-state index in [1.54, 1.807) is 39.0 Å². The zero-order valence-corrected chi connectivity index (χ0v) is 11.6. The summed E-state index contributed by atoms with van der Waals surface area (Å²) in [5.41, 5.74) is -0.609. The second kappa shape index (κ2) is 6.36. The molecule has 2 N–H and O–H groups in total. The number of ether oxygens (including phenoxy) is 1. The van der Waals surface area contributed by atoms with Crippen LogP contribution < -0.4 is 5.32 Å². The number of alkyl carbamates (subject to hydrolysis) is 1. The molecule has 0 aromatic heterocycles. The van der Waals surface area contributed by atoms with Crippen LogP contribution >= 0.6 is 0 Å². The van der Waals surface area contributed by atoms with Crippen LogP contribution in [0.25, 0.3) is 0 Å². The molecule has 6 heteroatoms. The second-order valence-corrected chi connectivity index (χ2v) is 5.27. The Labute approximate surface area is 116 Å². The predicted molar refractivity (Wildman–Crippen MR) is 71.1 cm³/mol. The summed E-state index contributed by atoms with van der Waals surface area (Å²) < 4.78 is 19.1. The van der Waals surface area contributed by atoms with Crippen molar-refractivity contribution in [1.29, 1.82) is 0 Å². The van der Waals surface area contributed by atoms with E-state index in [1.165, 1.54) is 12.1 Å². The molecule has 0 aliphatic rings. The van der Waals surface area contributed by atoms with Crippen molar-refractivity contribution in [3.05, 3.63) is 35.9 Å². The number of carbonyl (C=O) groups is 2. The fraction of sp³-hybridized carbons (Fsp3) is 0.429. The highest BCUT2D eigenvalue weighted by atomic mass is 19.1. The van der Waals surface area contributed by atoms with E-state index < -0.39 is 29.9 Å². The zero-order valence-electron chi connectivity index (χ0n) is 11.6. The molecule has 2 atom stereocenters. The molecule has 1 amide bonds. The Hall–Kier alpha value is -2.11. The summed E-state index contributed by atoms with van der Waals surface area (Å²) in [4.78, 5) is 22.7. The molecular weight excluding hydrogens is 265 g/mol. The van der Waals surface area contributed by atoms with E-state index in [-0.39, 0.29) is 5.56 Å². The van der Waals surface area contributed by atoms with Crippen molar-refractivity contribution in [2.24, 2.45) is 0 Å². The molecule has 0 saturated heterocycles. The number of rotatable bonds is 4. The molecule has 110 valence electrons. The van der Waals surface area contributed by atoms with Crippen LogP contribution in [0.5, 0.6) is 0 Å². The molecule has 0 fully saturated rings. The first-order valence-corrected chi connectivity index (χ1v) is 6.12. The highest BCUT2D eigenvalue weighted by Gasteiger charge is 2.32. The van der Waals surface area contributed by atoms with Gasteiger partial charge < -0.3 is 15.2 Å². The first-order valence-electron chi connectivity index (χ1n) is 6.12. The van der Waals surface area contributed by atoms with Gasteiger partial charge in [0.05, 0.1) is 0 Å². The summed E-state index contributed by atoms with van der Waals surface area (Å²) in [6, 6.07) is 6.08. The lowest BCUT2D eigenvalue weighted by Gasteiger charge is -2.23. The van der Waals surface area contributed by atoms with E-state index in [1.807, 2.05) is 5.32 Å². The number of hydrogen-bond acceptors (Lipinski definition) is 3. The van der Waals surface area contributed by atoms with E-state index in [4.69, 9.17) is 9.84 Å². The molecule has 0 aliphatic heterocycles. The third-order valence-corrected chi connectivity index (χ3v) is 2.35. The topological polar surface area (TPSA) is 75.6 Å². The van der Waals surface area contributed by atoms with Gasteiger partial charge in [0.25, 0.3) is 0 Å². The maximum absolute atomic E-state index is 14.2. The second-order valence-electron chi connectivity index (χ2n) is 5.27. The van der Waals surface area contributed by atoms with Crippen LogP contribution in [0, 0.1) is 0 Å². The molecule has 20 heavy (non-hydrogen) atoms. The minimum absolute atomic E-state index is 0.177. The number of carbonyl (C=O) groups excluding carboxylic acids is 1. The lowest BCUT2D eigenvalue weighted by atomic mass is 10.0. The van der Waals surface area contributed by atoms with E-state index >= 15 is 0 Å². The summed E-state index contributed by atoms with van der Waals surface area (Å²) in [7, 11) is 0. The Morgan fingerprint density at radius 2 is 1.80 bits per heavy atom. The van der Waals surface area contributed by atoms with Gasteiger partial charge >= 0.3 is 12.1 Å². The van der Waals surface area contributed by atoms with Crippen LogP contribution in [0.15, 0.2) is 30.3 Å². The minimum Gasteiger partial charge on any atom is -0.480 e. The van der Waals surface area contributed by atoms with Crippen molar-refractivity contribution in [3.8, 4) is 0 Å². The van der Waals surface area contributed by atoms with Gasteiger partial charge in [-0.2, -0.15) is 0 Å². The third kappa shape index (κ3) is 4.87. The number of carboxylic acid groups (broad SMARTS) is 1. The first kappa shape index (κ1) is 15.9. The van der Waals surface area contributed by atoms with Crippen LogP contribution in [-0.2, 0) is 9.53 Å². The van der Waals surface area contributed by atoms with Gasteiger partial charge in [-0.15, -0.1) is 0 Å². The van der Waals surface area contributed by atoms with Gasteiger partial charge in [0.1, 0.15) is 5.60 Å². The summed E-state index contributed by atoms with van der Waals surface area (Å²) in [6.45, 7) is 4.89. The quantitative estimate of drug-likeness (QED) is 0.890. The van der Waals surface area contributed by atoms with Gasteiger partial charge in [0.2, 0.25) is 0 Å². The van der Waals surface area contributed by atoms with Crippen molar-refractivity contribution in [2.75, 3.05) is 0 Å². The van der Waals surface area contributed by atoms with Crippen LogP contribution in [-0.4, -0.2) is 28.8 Å². The van der Waals surface area contributed by atoms with Crippen LogP contribution in [0.2, 0.25) is 0 Å². The number of nitrogens with one attached hydrogen (secondary N) is 1. The summed E-state index contributed by atoms with van der Waals surface area (Å²) in [5.74, 6) is -1.47. The fourth-order valence-electron chi connectivity index (χ4n) is 1.52. The molecule has 0 aliphatic carbocycles. The third-order valence-electron chi connectivity index (χ3n) is 2.35. The highest BCUT2D eigenvalue weighted by molar-refractivity contribution is 5.80. The number of halogens is 1. The van der Waals surface area contributed by atoms with Crippen LogP contribution in [0.4, 0.5) is 9.18 Å². The lowest BCUT2D eigenvalue weighted by molar-refractivity contribution is -0.141. The first-order chi connectivity index (χ1) is 9.20. The number of hydrogen-bond donors (Lipinski definition) is 2. The van der Waals surface area contributed by atoms with Crippen LogP contribution in [0.1, 0.15) is 32.5 Å². The van der Waals surface area contributed by atoms with Gasteiger partial charge in [0, 0.05) is 0 Å². The van der Waals surface area contributed by atoms with Gasteiger partial charge in [-0.3, -0.25) is 0 Å². The molecule has 0 unspecified atom stereocenters. The molecule has 1 aromatic carbocycles. The molecule has 0 radical (unpaired) electrons. The molecule has 1 rings (SSSR count). The Bertz CT molecular complexity index is 470. The monoisotopic (exact) mass is 283 g/mol. The highest BCUT2D eigenvalue weighted by Crippen LogP contribution is 2.21. The summed E-state index contributed by atoms with van der Waals surface area (Å²) in [5, 5.41) is 11.1. The standard InChI is InChI=1S/C14H18FNO4/c1-14(2,3)20-13(19)16-11(12(17)18)10(15)9-7-5-4-6-8-9/h4-8,10-11H,1-3H3,(H,16,19)(H,17,18)/t10-,11+/m1/s1. The average molecular weight is 283 g/mol. The van der Waals surface area contributed by atoms with Gasteiger partial charge in [-0.1, -0.05) is 30.3 Å². The fourth-order valence-corrected chi connectivity index (χ4v) is 1.52. The summed E-state index contributed by atoms with van der Waals surface area (Å²) >= 11 is 0. The number of alkyl halides is 1. The van der Waals surface area contributed by atoms with E-state index in [9.17, 15) is 14.0 Å². The Kier molecular flexibility index (Phi) is 5.07. The summed E-state index contributed by atoms with van der Waals surface area (Å²) in [6.07, 6.45) is -2.83. The SMILES string of the molecule is CC(C)(C)OC(=O)N[C@H](C(=O)O)[C@H](F)c1ccccc1. The maximum Gasteiger partial charge on any atom is 0.408 e. The molecule has 0 heterocycles. The number of benzene rings is 1. The zero-order chi connectivity index (χ0) is 15.3. The van der Waals surface area contributed by atoms with Crippen molar-refractivity contribution in [2.45, 2.75) is 38.6 Å². The van der Waals surface area contributed by atoms with Gasteiger partial charge in [-0.05, 0) is 26.3 Å². The van der Waals surface area contributed by atoms with Crippen LogP contribution in [0.3, 0.4) is 0 Å². The Balaban J connectivity index is 2.80. The van der Waals surface area contributed by atoms with Gasteiger partial charge in [-0.25, -0.2) is 14.0 Å².